The van der Waals surface area contributed by atoms with E-state index in [0.29, 0.717) is 6.04 Å². The number of piperazine rings is 1. The van der Waals surface area contributed by atoms with E-state index >= 15 is 0 Å². The van der Waals surface area contributed by atoms with Crippen LogP contribution in [0.2, 0.25) is 0 Å². The highest BCUT2D eigenvalue weighted by molar-refractivity contribution is 9.10. The van der Waals surface area contributed by atoms with Crippen LogP contribution in [0.15, 0.2) is 22.9 Å². The fourth-order valence-electron chi connectivity index (χ4n) is 1.48. The maximum atomic E-state index is 4.20. The lowest BCUT2D eigenvalue weighted by molar-refractivity contribution is 0.429. The van der Waals surface area contributed by atoms with Crippen molar-refractivity contribution < 1.29 is 0 Å². The summed E-state index contributed by atoms with van der Waals surface area (Å²) in [7, 11) is 0. The molecule has 15 heavy (non-hydrogen) atoms. The van der Waals surface area contributed by atoms with Crippen LogP contribution in [-0.4, -0.2) is 24.6 Å². The minimum atomic E-state index is 0. The summed E-state index contributed by atoms with van der Waals surface area (Å²) in [5.74, 6) is 0. The van der Waals surface area contributed by atoms with Crippen LogP contribution in [0.5, 0.6) is 0 Å². The lowest BCUT2D eigenvalue weighted by Gasteiger charge is -2.24. The Morgan fingerprint density at radius 1 is 1.27 bits per heavy atom. The SMILES string of the molecule is Br.Br.Brc1ccc(C2CNCCN2)cn1. The zero-order valence-electron chi connectivity index (χ0n) is 8.07. The van der Waals surface area contributed by atoms with Crippen molar-refractivity contribution in [2.45, 2.75) is 6.04 Å². The molecule has 1 atom stereocenters. The van der Waals surface area contributed by atoms with E-state index in [1.807, 2.05) is 12.3 Å². The number of halogens is 3. The van der Waals surface area contributed by atoms with Gasteiger partial charge in [-0.15, -0.1) is 34.0 Å². The molecule has 0 aromatic carbocycles. The van der Waals surface area contributed by atoms with Crippen molar-refractivity contribution in [1.82, 2.24) is 15.6 Å². The number of nitrogens with one attached hydrogen (secondary N) is 2. The van der Waals surface area contributed by atoms with Crippen molar-refractivity contribution in [2.75, 3.05) is 19.6 Å². The van der Waals surface area contributed by atoms with Gasteiger partial charge in [0.05, 0.1) is 0 Å². The zero-order valence-corrected chi connectivity index (χ0v) is 13.1. The van der Waals surface area contributed by atoms with Crippen molar-refractivity contribution in [2.24, 2.45) is 0 Å². The molecule has 2 heterocycles. The van der Waals surface area contributed by atoms with Crippen molar-refractivity contribution in [1.29, 1.82) is 0 Å². The topological polar surface area (TPSA) is 37.0 Å². The van der Waals surface area contributed by atoms with Gasteiger partial charge < -0.3 is 10.6 Å². The van der Waals surface area contributed by atoms with Crippen molar-refractivity contribution >= 4 is 49.9 Å². The Labute approximate surface area is 119 Å². The number of hydrogen-bond acceptors (Lipinski definition) is 3. The number of nitrogens with zero attached hydrogens (tertiary/aromatic N) is 1. The molecule has 0 bridgehead atoms. The maximum absolute atomic E-state index is 4.20. The van der Waals surface area contributed by atoms with Gasteiger partial charge in [0.2, 0.25) is 0 Å². The van der Waals surface area contributed by atoms with Crippen molar-refractivity contribution in [3.63, 3.8) is 0 Å². The second kappa shape index (κ2) is 7.73. The average molecular weight is 404 g/mol. The third kappa shape index (κ3) is 4.48. The Balaban J connectivity index is 0.000000980. The van der Waals surface area contributed by atoms with E-state index in [1.54, 1.807) is 0 Å². The zero-order chi connectivity index (χ0) is 9.10. The van der Waals surface area contributed by atoms with Gasteiger partial charge in [-0.1, -0.05) is 6.07 Å². The molecule has 3 nitrogen and oxygen atoms in total. The van der Waals surface area contributed by atoms with Gasteiger partial charge in [0.1, 0.15) is 4.60 Å². The number of rotatable bonds is 1. The number of aromatic nitrogens is 1. The normalized spacial score (nSPS) is 19.9. The van der Waals surface area contributed by atoms with Crippen molar-refractivity contribution in [3.05, 3.63) is 28.5 Å². The van der Waals surface area contributed by atoms with E-state index in [0.717, 1.165) is 24.2 Å². The first-order chi connectivity index (χ1) is 6.36. The molecule has 0 amide bonds. The molecule has 1 saturated heterocycles. The third-order valence-corrected chi connectivity index (χ3v) is 2.66. The van der Waals surface area contributed by atoms with Crippen LogP contribution in [0, 0.1) is 0 Å². The fraction of sp³-hybridized carbons (Fsp3) is 0.444. The standard InChI is InChI=1S/C9H12BrN3.2BrH/c10-9-2-1-7(5-13-9)8-6-11-3-4-12-8;;/h1-2,5,8,11-12H,3-4,6H2;2*1H. The molecular formula is C9H14Br3N3. The molecule has 2 N–H and O–H groups in total. The number of hydrogen-bond donors (Lipinski definition) is 2. The summed E-state index contributed by atoms with van der Waals surface area (Å²) in [4.78, 5) is 4.20. The molecule has 0 radical (unpaired) electrons. The molecule has 1 unspecified atom stereocenters. The Bertz CT molecular complexity index is 272. The Hall–Kier alpha value is 0.510. The predicted molar refractivity (Wildman–Crippen MR) is 76.2 cm³/mol. The molecule has 1 aliphatic rings. The molecule has 86 valence electrons. The monoisotopic (exact) mass is 401 g/mol. The van der Waals surface area contributed by atoms with Gasteiger partial charge in [-0.3, -0.25) is 0 Å². The lowest BCUT2D eigenvalue weighted by atomic mass is 10.1. The van der Waals surface area contributed by atoms with Crippen LogP contribution >= 0.6 is 49.9 Å². The minimum Gasteiger partial charge on any atom is -0.314 e. The van der Waals surface area contributed by atoms with Gasteiger partial charge in [0.25, 0.3) is 0 Å². The fourth-order valence-corrected chi connectivity index (χ4v) is 1.72. The summed E-state index contributed by atoms with van der Waals surface area (Å²) in [6.07, 6.45) is 1.91. The van der Waals surface area contributed by atoms with Crippen molar-refractivity contribution in [3.8, 4) is 0 Å². The summed E-state index contributed by atoms with van der Waals surface area (Å²) >= 11 is 3.32. The van der Waals surface area contributed by atoms with Crippen LogP contribution in [0.4, 0.5) is 0 Å². The predicted octanol–water partition coefficient (Wildman–Crippen LogP) is 2.23. The first-order valence-electron chi connectivity index (χ1n) is 4.42. The van der Waals surface area contributed by atoms with Gasteiger partial charge in [0, 0.05) is 31.9 Å². The summed E-state index contributed by atoms with van der Waals surface area (Å²) in [5, 5.41) is 6.78. The molecule has 0 saturated carbocycles. The first kappa shape index (κ1) is 15.5. The third-order valence-electron chi connectivity index (χ3n) is 2.19. The summed E-state index contributed by atoms with van der Waals surface area (Å²) in [6, 6.07) is 4.49. The van der Waals surface area contributed by atoms with E-state index in [2.05, 4.69) is 37.6 Å². The largest absolute Gasteiger partial charge is 0.314 e. The molecule has 1 aromatic heterocycles. The molecule has 2 rings (SSSR count). The van der Waals surface area contributed by atoms with E-state index in [4.69, 9.17) is 0 Å². The second-order valence-electron chi connectivity index (χ2n) is 3.13. The summed E-state index contributed by atoms with van der Waals surface area (Å²) in [6.45, 7) is 3.07. The summed E-state index contributed by atoms with van der Waals surface area (Å²) in [5.41, 5.74) is 1.25. The molecule has 0 aliphatic carbocycles. The molecule has 6 heteroatoms. The van der Waals surface area contributed by atoms with Gasteiger partial charge >= 0.3 is 0 Å². The van der Waals surface area contributed by atoms with Crippen LogP contribution < -0.4 is 10.6 Å². The second-order valence-corrected chi connectivity index (χ2v) is 3.94. The summed E-state index contributed by atoms with van der Waals surface area (Å²) < 4.78 is 0.889. The molecule has 1 aliphatic heterocycles. The molecular weight excluding hydrogens is 390 g/mol. The quantitative estimate of drug-likeness (QED) is 0.706. The van der Waals surface area contributed by atoms with E-state index in [9.17, 15) is 0 Å². The molecule has 1 fully saturated rings. The van der Waals surface area contributed by atoms with E-state index in [-0.39, 0.29) is 34.0 Å². The number of pyridine rings is 1. The minimum absolute atomic E-state index is 0. The lowest BCUT2D eigenvalue weighted by Crippen LogP contribution is -2.42. The maximum Gasteiger partial charge on any atom is 0.106 e. The molecule has 1 aromatic rings. The molecule has 0 spiro atoms. The first-order valence-corrected chi connectivity index (χ1v) is 5.21. The van der Waals surface area contributed by atoms with E-state index < -0.39 is 0 Å². The van der Waals surface area contributed by atoms with Crippen LogP contribution in [0.3, 0.4) is 0 Å². The smallest absolute Gasteiger partial charge is 0.106 e. The van der Waals surface area contributed by atoms with E-state index in [1.165, 1.54) is 5.56 Å². The Kier molecular flexibility index (Phi) is 7.99. The van der Waals surface area contributed by atoms with Crippen LogP contribution in [-0.2, 0) is 0 Å². The highest BCUT2D eigenvalue weighted by Crippen LogP contribution is 2.14. The van der Waals surface area contributed by atoms with Crippen LogP contribution in [0.25, 0.3) is 0 Å². The Morgan fingerprint density at radius 3 is 2.60 bits per heavy atom. The van der Waals surface area contributed by atoms with Gasteiger partial charge in [-0.2, -0.15) is 0 Å². The Morgan fingerprint density at radius 2 is 2.07 bits per heavy atom. The highest BCUT2D eigenvalue weighted by Gasteiger charge is 2.13. The highest BCUT2D eigenvalue weighted by atomic mass is 79.9. The van der Waals surface area contributed by atoms with Gasteiger partial charge in [-0.25, -0.2) is 4.98 Å². The average Bonchev–Trinajstić information content (AvgIpc) is 2.20. The van der Waals surface area contributed by atoms with Crippen LogP contribution in [0.1, 0.15) is 11.6 Å². The van der Waals surface area contributed by atoms with Gasteiger partial charge in [0.15, 0.2) is 0 Å². The van der Waals surface area contributed by atoms with Gasteiger partial charge in [-0.05, 0) is 27.6 Å².